The van der Waals surface area contributed by atoms with Crippen LogP contribution in [0.3, 0.4) is 0 Å². The highest BCUT2D eigenvalue weighted by atomic mass is 19.4. The van der Waals surface area contributed by atoms with E-state index >= 15 is 0 Å². The van der Waals surface area contributed by atoms with E-state index in [1.807, 2.05) is 13.8 Å². The second-order valence-electron chi connectivity index (χ2n) is 4.16. The van der Waals surface area contributed by atoms with Crippen LogP contribution in [0.15, 0.2) is 0 Å². The van der Waals surface area contributed by atoms with E-state index in [1.54, 1.807) is 0 Å². The number of ether oxygens (including phenoxy) is 1. The van der Waals surface area contributed by atoms with Crippen LogP contribution in [0.5, 0.6) is 0 Å². The van der Waals surface area contributed by atoms with Gasteiger partial charge < -0.3 is 4.74 Å². The third kappa shape index (κ3) is 7.51. The molecule has 0 bridgehead atoms. The lowest BCUT2D eigenvalue weighted by Gasteiger charge is -2.25. The van der Waals surface area contributed by atoms with Crippen LogP contribution in [0.4, 0.5) is 13.2 Å². The van der Waals surface area contributed by atoms with E-state index in [2.05, 4.69) is 11.4 Å². The highest BCUT2D eigenvalue weighted by Gasteiger charge is 2.27. The van der Waals surface area contributed by atoms with Crippen LogP contribution in [0.25, 0.3) is 0 Å². The fourth-order valence-corrected chi connectivity index (χ4v) is 1.67. The zero-order chi connectivity index (χ0) is 14.1. The van der Waals surface area contributed by atoms with Gasteiger partial charge in [-0.05, 0) is 25.8 Å². The highest BCUT2D eigenvalue weighted by molar-refractivity contribution is 5.05. The summed E-state index contributed by atoms with van der Waals surface area (Å²) in [6.45, 7) is 4.47. The summed E-state index contributed by atoms with van der Waals surface area (Å²) in [4.78, 5) is 0. The van der Waals surface area contributed by atoms with Gasteiger partial charge in [-0.2, -0.15) is 18.4 Å². The summed E-state index contributed by atoms with van der Waals surface area (Å²) < 4.78 is 40.4. The Balaban J connectivity index is 3.78. The molecule has 0 saturated carbocycles. The van der Waals surface area contributed by atoms with Gasteiger partial charge in [0.1, 0.15) is 5.54 Å². The minimum absolute atomic E-state index is 0.255. The summed E-state index contributed by atoms with van der Waals surface area (Å²) in [6.07, 6.45) is -3.26. The SMILES string of the molecule is CCNC(C#N)(CC)CCCOCCC(F)(F)F. The fourth-order valence-electron chi connectivity index (χ4n) is 1.67. The smallest absolute Gasteiger partial charge is 0.381 e. The number of nitrogens with zero attached hydrogens (tertiary/aromatic N) is 1. The van der Waals surface area contributed by atoms with Gasteiger partial charge in [-0.3, -0.25) is 5.32 Å². The van der Waals surface area contributed by atoms with Crippen molar-refractivity contribution in [3.8, 4) is 6.07 Å². The second-order valence-corrected chi connectivity index (χ2v) is 4.16. The summed E-state index contributed by atoms with van der Waals surface area (Å²) in [7, 11) is 0. The minimum Gasteiger partial charge on any atom is -0.381 e. The Bertz CT molecular complexity index is 263. The molecule has 18 heavy (non-hydrogen) atoms. The van der Waals surface area contributed by atoms with Gasteiger partial charge in [0.05, 0.1) is 19.1 Å². The van der Waals surface area contributed by atoms with Crippen LogP contribution in [0, 0.1) is 11.3 Å². The van der Waals surface area contributed by atoms with Gasteiger partial charge in [0.25, 0.3) is 0 Å². The molecule has 1 atom stereocenters. The van der Waals surface area contributed by atoms with E-state index in [4.69, 9.17) is 10.00 Å². The van der Waals surface area contributed by atoms with Crippen LogP contribution in [0.1, 0.15) is 39.5 Å². The predicted molar refractivity (Wildman–Crippen MR) is 63.0 cm³/mol. The van der Waals surface area contributed by atoms with E-state index in [9.17, 15) is 13.2 Å². The number of nitrogens with one attached hydrogen (secondary N) is 1. The molecule has 0 radical (unpaired) electrons. The molecule has 0 aromatic rings. The van der Waals surface area contributed by atoms with E-state index in [-0.39, 0.29) is 13.2 Å². The van der Waals surface area contributed by atoms with E-state index in [0.29, 0.717) is 25.8 Å². The number of halogens is 3. The van der Waals surface area contributed by atoms with E-state index in [1.165, 1.54) is 0 Å². The van der Waals surface area contributed by atoms with Gasteiger partial charge in [-0.25, -0.2) is 0 Å². The lowest BCUT2D eigenvalue weighted by Crippen LogP contribution is -2.43. The first-order valence-electron chi connectivity index (χ1n) is 6.20. The summed E-state index contributed by atoms with van der Waals surface area (Å²) in [5, 5.41) is 12.2. The molecule has 0 aliphatic carbocycles. The Morgan fingerprint density at radius 2 is 1.83 bits per heavy atom. The van der Waals surface area contributed by atoms with Gasteiger partial charge in [0.15, 0.2) is 0 Å². The minimum atomic E-state index is -4.16. The van der Waals surface area contributed by atoms with Crippen molar-refractivity contribution in [3.63, 3.8) is 0 Å². The van der Waals surface area contributed by atoms with Crippen molar-refractivity contribution < 1.29 is 17.9 Å². The predicted octanol–water partition coefficient (Wildman–Crippen LogP) is 3.02. The number of alkyl halides is 3. The van der Waals surface area contributed by atoms with Crippen LogP contribution >= 0.6 is 0 Å². The van der Waals surface area contributed by atoms with Gasteiger partial charge in [-0.15, -0.1) is 0 Å². The Morgan fingerprint density at radius 1 is 1.17 bits per heavy atom. The van der Waals surface area contributed by atoms with Crippen LogP contribution in [0.2, 0.25) is 0 Å². The molecule has 106 valence electrons. The first-order chi connectivity index (χ1) is 8.39. The number of nitriles is 1. The largest absolute Gasteiger partial charge is 0.391 e. The zero-order valence-corrected chi connectivity index (χ0v) is 10.9. The molecule has 0 heterocycles. The average Bonchev–Trinajstić information content (AvgIpc) is 2.31. The molecular formula is C12H21F3N2O. The first kappa shape index (κ1) is 17.2. The molecule has 1 N–H and O–H groups in total. The van der Waals surface area contributed by atoms with Crippen molar-refractivity contribution in [2.75, 3.05) is 19.8 Å². The number of hydrogen-bond acceptors (Lipinski definition) is 3. The Labute approximate surface area is 106 Å². The van der Waals surface area contributed by atoms with Crippen LogP contribution in [-0.4, -0.2) is 31.5 Å². The van der Waals surface area contributed by atoms with E-state index in [0.717, 1.165) is 0 Å². The summed E-state index contributed by atoms with van der Waals surface area (Å²) in [5.41, 5.74) is -0.581. The Hall–Kier alpha value is -0.800. The van der Waals surface area contributed by atoms with Crippen molar-refractivity contribution in [2.24, 2.45) is 0 Å². The van der Waals surface area contributed by atoms with Gasteiger partial charge >= 0.3 is 6.18 Å². The maximum absolute atomic E-state index is 11.8. The van der Waals surface area contributed by atoms with Gasteiger partial charge in [0, 0.05) is 6.61 Å². The average molecular weight is 266 g/mol. The van der Waals surface area contributed by atoms with Crippen LogP contribution < -0.4 is 5.32 Å². The quantitative estimate of drug-likeness (QED) is 0.652. The maximum Gasteiger partial charge on any atom is 0.391 e. The third-order valence-electron chi connectivity index (χ3n) is 2.75. The molecule has 1 unspecified atom stereocenters. The summed E-state index contributed by atoms with van der Waals surface area (Å²) in [6, 6.07) is 2.23. The lowest BCUT2D eigenvalue weighted by molar-refractivity contribution is -0.145. The third-order valence-corrected chi connectivity index (χ3v) is 2.75. The Morgan fingerprint density at radius 3 is 2.28 bits per heavy atom. The maximum atomic E-state index is 11.8. The molecule has 0 fully saturated rings. The topological polar surface area (TPSA) is 45.0 Å². The highest BCUT2D eigenvalue weighted by Crippen LogP contribution is 2.19. The van der Waals surface area contributed by atoms with E-state index < -0.39 is 18.1 Å². The molecule has 0 saturated heterocycles. The van der Waals surface area contributed by atoms with Gasteiger partial charge in [-0.1, -0.05) is 13.8 Å². The Kier molecular flexibility index (Phi) is 7.96. The summed E-state index contributed by atoms with van der Waals surface area (Å²) >= 11 is 0. The number of rotatable bonds is 9. The molecule has 0 aromatic carbocycles. The standard InChI is InChI=1S/C12H21F3N2O/c1-3-11(10-16,17-4-2)6-5-8-18-9-7-12(13,14)15/h17H,3-9H2,1-2H3. The fraction of sp³-hybridized carbons (Fsp3) is 0.917. The first-order valence-corrected chi connectivity index (χ1v) is 6.20. The van der Waals surface area contributed by atoms with Crippen molar-refractivity contribution in [2.45, 2.75) is 51.2 Å². The monoisotopic (exact) mass is 266 g/mol. The summed E-state index contributed by atoms with van der Waals surface area (Å²) in [5.74, 6) is 0. The lowest BCUT2D eigenvalue weighted by atomic mass is 9.92. The molecule has 0 aromatic heterocycles. The van der Waals surface area contributed by atoms with Crippen LogP contribution in [-0.2, 0) is 4.74 Å². The molecule has 0 aliphatic heterocycles. The van der Waals surface area contributed by atoms with Crippen molar-refractivity contribution >= 4 is 0 Å². The zero-order valence-electron chi connectivity index (χ0n) is 10.9. The molecule has 0 aliphatic rings. The molecule has 0 amide bonds. The molecule has 3 nitrogen and oxygen atoms in total. The van der Waals surface area contributed by atoms with Crippen molar-refractivity contribution in [1.29, 1.82) is 5.26 Å². The molecule has 0 rings (SSSR count). The number of hydrogen-bond donors (Lipinski definition) is 1. The van der Waals surface area contributed by atoms with Crippen molar-refractivity contribution in [3.05, 3.63) is 0 Å². The molecule has 6 heteroatoms. The van der Waals surface area contributed by atoms with Gasteiger partial charge in [0.2, 0.25) is 0 Å². The normalized spacial score (nSPS) is 15.1. The molecule has 0 spiro atoms. The second kappa shape index (κ2) is 8.33. The molecular weight excluding hydrogens is 245 g/mol. The van der Waals surface area contributed by atoms with Crippen molar-refractivity contribution in [1.82, 2.24) is 5.32 Å².